The van der Waals surface area contributed by atoms with Crippen molar-refractivity contribution in [2.24, 2.45) is 0 Å². The number of carbonyl (C=O) groups is 2. The van der Waals surface area contributed by atoms with E-state index in [4.69, 9.17) is 4.74 Å². The summed E-state index contributed by atoms with van der Waals surface area (Å²) in [6.07, 6.45) is 2.64. The number of sulfonamides is 1. The predicted molar refractivity (Wildman–Crippen MR) is 149 cm³/mol. The van der Waals surface area contributed by atoms with Gasteiger partial charge in [-0.25, -0.2) is 8.42 Å². The number of rotatable bonds is 7. The molecule has 8 heteroatoms. The molecule has 1 fully saturated rings. The molecule has 1 aliphatic heterocycles. The van der Waals surface area contributed by atoms with E-state index in [-0.39, 0.29) is 27.4 Å². The van der Waals surface area contributed by atoms with Gasteiger partial charge in [0.05, 0.1) is 17.6 Å². The second-order valence-electron chi connectivity index (χ2n) is 10.5. The molecule has 0 unspecified atom stereocenters. The Hall–Kier alpha value is -3.49. The van der Waals surface area contributed by atoms with Gasteiger partial charge in [-0.3, -0.25) is 9.59 Å². The van der Waals surface area contributed by atoms with Gasteiger partial charge in [0.25, 0.3) is 5.91 Å². The van der Waals surface area contributed by atoms with Gasteiger partial charge < -0.3 is 10.1 Å². The number of ketones is 1. The Morgan fingerprint density at radius 2 is 1.55 bits per heavy atom. The maximum atomic E-state index is 13.2. The zero-order chi connectivity index (χ0) is 27.5. The summed E-state index contributed by atoms with van der Waals surface area (Å²) in [7, 11) is -2.30. The number of amides is 1. The Morgan fingerprint density at radius 3 is 2.18 bits per heavy atom. The van der Waals surface area contributed by atoms with Crippen molar-refractivity contribution < 1.29 is 22.7 Å². The van der Waals surface area contributed by atoms with E-state index in [2.05, 4.69) is 26.1 Å². The molecule has 0 atom stereocenters. The van der Waals surface area contributed by atoms with Gasteiger partial charge in [0.2, 0.25) is 10.0 Å². The second kappa shape index (κ2) is 11.1. The van der Waals surface area contributed by atoms with Crippen LogP contribution < -0.4 is 10.1 Å². The van der Waals surface area contributed by atoms with Crippen molar-refractivity contribution in [3.05, 3.63) is 89.0 Å². The molecular formula is C30H34N2O5S. The van der Waals surface area contributed by atoms with Crippen LogP contribution in [0, 0.1) is 0 Å². The van der Waals surface area contributed by atoms with E-state index in [0.717, 1.165) is 24.8 Å². The average Bonchev–Trinajstić information content (AvgIpc) is 2.92. The fourth-order valence-electron chi connectivity index (χ4n) is 4.50. The second-order valence-corrected chi connectivity index (χ2v) is 12.5. The third-order valence-electron chi connectivity index (χ3n) is 6.76. The Balaban J connectivity index is 1.56. The van der Waals surface area contributed by atoms with Crippen molar-refractivity contribution in [2.45, 2.75) is 50.3 Å². The van der Waals surface area contributed by atoms with E-state index in [9.17, 15) is 18.0 Å². The maximum Gasteiger partial charge on any atom is 0.259 e. The number of carbonyl (C=O) groups excluding carboxylic acids is 2. The largest absolute Gasteiger partial charge is 0.496 e. The molecule has 0 radical (unpaired) electrons. The van der Waals surface area contributed by atoms with Crippen molar-refractivity contribution >= 4 is 27.4 Å². The quantitative estimate of drug-likeness (QED) is 0.396. The van der Waals surface area contributed by atoms with E-state index >= 15 is 0 Å². The lowest BCUT2D eigenvalue weighted by Crippen LogP contribution is -2.35. The summed E-state index contributed by atoms with van der Waals surface area (Å²) >= 11 is 0. The van der Waals surface area contributed by atoms with Crippen molar-refractivity contribution in [3.8, 4) is 5.75 Å². The van der Waals surface area contributed by atoms with Crippen molar-refractivity contribution in [3.63, 3.8) is 0 Å². The minimum atomic E-state index is -3.72. The fraction of sp³-hybridized carbons (Fsp3) is 0.333. The molecule has 0 spiro atoms. The molecule has 7 nitrogen and oxygen atoms in total. The van der Waals surface area contributed by atoms with Crippen LogP contribution in [0.3, 0.4) is 0 Å². The number of benzene rings is 3. The third kappa shape index (κ3) is 5.97. The molecule has 0 aromatic heterocycles. The lowest BCUT2D eigenvalue weighted by molar-refractivity contribution is 0.101. The highest BCUT2D eigenvalue weighted by Crippen LogP contribution is 2.28. The summed E-state index contributed by atoms with van der Waals surface area (Å²) in [5.74, 6) is -0.434. The first-order chi connectivity index (χ1) is 18.0. The third-order valence-corrected chi connectivity index (χ3v) is 8.66. The number of nitrogens with one attached hydrogen (secondary N) is 1. The summed E-state index contributed by atoms with van der Waals surface area (Å²) in [6, 6.07) is 18.5. The fourth-order valence-corrected chi connectivity index (χ4v) is 6.05. The highest BCUT2D eigenvalue weighted by molar-refractivity contribution is 7.89. The summed E-state index contributed by atoms with van der Waals surface area (Å²) in [6.45, 7) is 7.28. The van der Waals surface area contributed by atoms with Crippen LogP contribution in [0.1, 0.15) is 71.9 Å². The molecule has 38 heavy (non-hydrogen) atoms. The van der Waals surface area contributed by atoms with Crippen LogP contribution in [0.25, 0.3) is 0 Å². The van der Waals surface area contributed by atoms with E-state index in [1.165, 1.54) is 29.6 Å². The SMILES string of the molecule is COc1ccc(S(=O)(=O)N2CCCCC2)cc1C(=O)Nc1cccc(C(=O)c2ccc(C(C)(C)C)cc2)c1. The van der Waals surface area contributed by atoms with Gasteiger partial charge in [-0.05, 0) is 54.2 Å². The molecule has 0 aliphatic carbocycles. The number of nitrogens with zero attached hydrogens (tertiary/aromatic N) is 1. The van der Waals surface area contributed by atoms with Gasteiger partial charge in [0.1, 0.15) is 5.75 Å². The highest BCUT2D eigenvalue weighted by Gasteiger charge is 2.28. The monoisotopic (exact) mass is 534 g/mol. The Morgan fingerprint density at radius 1 is 0.868 bits per heavy atom. The van der Waals surface area contributed by atoms with E-state index in [0.29, 0.717) is 29.9 Å². The molecule has 3 aromatic carbocycles. The number of hydrogen-bond acceptors (Lipinski definition) is 5. The highest BCUT2D eigenvalue weighted by atomic mass is 32.2. The molecule has 1 aliphatic rings. The van der Waals surface area contributed by atoms with Crippen LogP contribution in [0.15, 0.2) is 71.6 Å². The number of hydrogen-bond donors (Lipinski definition) is 1. The van der Waals surface area contributed by atoms with Crippen LogP contribution in [0.2, 0.25) is 0 Å². The molecule has 1 heterocycles. The van der Waals surface area contributed by atoms with Crippen LogP contribution in [0.5, 0.6) is 5.75 Å². The number of anilines is 1. The van der Waals surface area contributed by atoms with Crippen molar-refractivity contribution in [1.29, 1.82) is 0 Å². The van der Waals surface area contributed by atoms with Gasteiger partial charge in [0.15, 0.2) is 5.78 Å². The summed E-state index contributed by atoms with van der Waals surface area (Å²) in [5.41, 5.74) is 2.61. The average molecular weight is 535 g/mol. The van der Waals surface area contributed by atoms with E-state index < -0.39 is 15.9 Å². The predicted octanol–water partition coefficient (Wildman–Crippen LogP) is 5.65. The normalized spacial score (nSPS) is 14.6. The molecule has 4 rings (SSSR count). The standard InChI is InChI=1S/C30H34N2O5S/c1-30(2,3)23-13-11-21(12-14-23)28(33)22-9-8-10-24(19-22)31-29(34)26-20-25(15-16-27(26)37-4)38(35,36)32-17-6-5-7-18-32/h8-16,19-20H,5-7,17-18H2,1-4H3,(H,31,34). The molecule has 0 saturated carbocycles. The van der Waals surface area contributed by atoms with Crippen molar-refractivity contribution in [1.82, 2.24) is 4.31 Å². The molecule has 3 aromatic rings. The first kappa shape index (κ1) is 27.5. The van der Waals surface area contributed by atoms with Crippen LogP contribution in [0.4, 0.5) is 5.69 Å². The minimum absolute atomic E-state index is 0.0166. The van der Waals surface area contributed by atoms with Gasteiger partial charge in [-0.2, -0.15) is 4.31 Å². The zero-order valence-electron chi connectivity index (χ0n) is 22.3. The van der Waals surface area contributed by atoms with Crippen molar-refractivity contribution in [2.75, 3.05) is 25.5 Å². The van der Waals surface area contributed by atoms with E-state index in [1.807, 2.05) is 24.3 Å². The first-order valence-corrected chi connectivity index (χ1v) is 14.2. The summed E-state index contributed by atoms with van der Waals surface area (Å²) in [5, 5.41) is 2.79. The minimum Gasteiger partial charge on any atom is -0.496 e. The molecule has 200 valence electrons. The smallest absolute Gasteiger partial charge is 0.259 e. The number of piperidine rings is 1. The van der Waals surface area contributed by atoms with Crippen LogP contribution in [-0.4, -0.2) is 44.6 Å². The molecule has 1 N–H and O–H groups in total. The summed E-state index contributed by atoms with van der Waals surface area (Å²) < 4.78 is 33.1. The maximum absolute atomic E-state index is 13.2. The van der Waals surface area contributed by atoms with Gasteiger partial charge >= 0.3 is 0 Å². The van der Waals surface area contributed by atoms with Gasteiger partial charge in [0, 0.05) is 29.9 Å². The molecule has 1 saturated heterocycles. The molecular weight excluding hydrogens is 500 g/mol. The summed E-state index contributed by atoms with van der Waals surface area (Å²) in [4.78, 5) is 26.4. The number of ether oxygens (including phenoxy) is 1. The van der Waals surface area contributed by atoms with Crippen LogP contribution in [-0.2, 0) is 15.4 Å². The first-order valence-electron chi connectivity index (χ1n) is 12.8. The molecule has 0 bridgehead atoms. The molecule has 1 amide bonds. The Bertz CT molecular complexity index is 1430. The topological polar surface area (TPSA) is 92.8 Å². The van der Waals surface area contributed by atoms with Gasteiger partial charge in [-0.15, -0.1) is 0 Å². The lowest BCUT2D eigenvalue weighted by atomic mass is 9.86. The zero-order valence-corrected chi connectivity index (χ0v) is 23.1. The lowest BCUT2D eigenvalue weighted by Gasteiger charge is -2.26. The number of methoxy groups -OCH3 is 1. The Labute approximate surface area is 224 Å². The van der Waals surface area contributed by atoms with Crippen LogP contribution >= 0.6 is 0 Å². The Kier molecular flexibility index (Phi) is 8.04. The van der Waals surface area contributed by atoms with Gasteiger partial charge in [-0.1, -0.05) is 63.6 Å². The van der Waals surface area contributed by atoms with E-state index in [1.54, 1.807) is 24.3 Å².